The summed E-state index contributed by atoms with van der Waals surface area (Å²) in [7, 11) is 1.79. The number of hydrogen-bond donors (Lipinski definition) is 1. The smallest absolute Gasteiger partial charge is 0.310 e. The number of carbonyl (C=O) groups is 3. The van der Waals surface area contributed by atoms with Crippen molar-refractivity contribution in [2.45, 2.75) is 27.7 Å². The summed E-state index contributed by atoms with van der Waals surface area (Å²) in [6.07, 6.45) is 0. The van der Waals surface area contributed by atoms with Crippen LogP contribution in [0.25, 0.3) is 0 Å². The maximum absolute atomic E-state index is 10.6. The first-order valence-electron chi connectivity index (χ1n) is 5.19. The molecule has 0 radical (unpaired) electrons. The van der Waals surface area contributed by atoms with Crippen LogP contribution >= 0.6 is 0 Å². The third-order valence-electron chi connectivity index (χ3n) is 1.59. The first-order valence-corrected chi connectivity index (χ1v) is 5.19. The first-order chi connectivity index (χ1) is 8.22. The van der Waals surface area contributed by atoms with Gasteiger partial charge in [-0.2, -0.15) is 5.10 Å². The van der Waals surface area contributed by atoms with E-state index >= 15 is 0 Å². The van der Waals surface area contributed by atoms with E-state index in [1.165, 1.54) is 20.8 Å². The molecule has 1 rings (SSSR count). The topological polar surface area (TPSA) is 90.3 Å². The Morgan fingerprint density at radius 1 is 1.22 bits per heavy atom. The third kappa shape index (κ3) is 7.15. The van der Waals surface area contributed by atoms with Crippen molar-refractivity contribution < 1.29 is 19.1 Å². The summed E-state index contributed by atoms with van der Waals surface area (Å²) in [6, 6.07) is 1.82. The van der Waals surface area contributed by atoms with Gasteiger partial charge in [-0.05, 0) is 6.92 Å². The van der Waals surface area contributed by atoms with Gasteiger partial charge >= 0.3 is 11.9 Å². The van der Waals surface area contributed by atoms with E-state index < -0.39 is 11.9 Å². The van der Waals surface area contributed by atoms with Gasteiger partial charge < -0.3 is 10.1 Å². The number of amides is 1. The number of aryl methyl sites for hydroxylation is 2. The highest BCUT2D eigenvalue weighted by Crippen LogP contribution is 2.06. The third-order valence-corrected chi connectivity index (χ3v) is 1.59. The number of esters is 2. The van der Waals surface area contributed by atoms with E-state index in [0.717, 1.165) is 11.5 Å². The Labute approximate surface area is 105 Å². The molecule has 0 aliphatic carbocycles. The van der Waals surface area contributed by atoms with Crippen molar-refractivity contribution in [2.24, 2.45) is 7.05 Å². The lowest BCUT2D eigenvalue weighted by Crippen LogP contribution is -2.09. The minimum absolute atomic E-state index is 0.0759. The Balaban J connectivity index is 0.000000360. The van der Waals surface area contributed by atoms with Crippen molar-refractivity contribution in [1.29, 1.82) is 0 Å². The van der Waals surface area contributed by atoms with E-state index in [-0.39, 0.29) is 5.91 Å². The molecule has 0 aliphatic rings. The molecule has 0 unspecified atom stereocenters. The van der Waals surface area contributed by atoms with Crippen LogP contribution in [0.2, 0.25) is 0 Å². The van der Waals surface area contributed by atoms with Gasteiger partial charge in [-0.25, -0.2) is 0 Å². The molecule has 0 fully saturated rings. The van der Waals surface area contributed by atoms with Gasteiger partial charge in [0.25, 0.3) is 0 Å². The van der Waals surface area contributed by atoms with Crippen LogP contribution in [0, 0.1) is 6.92 Å². The van der Waals surface area contributed by atoms with Gasteiger partial charge in [0.2, 0.25) is 5.91 Å². The van der Waals surface area contributed by atoms with E-state index in [2.05, 4.69) is 15.2 Å². The van der Waals surface area contributed by atoms with Gasteiger partial charge in [-0.15, -0.1) is 0 Å². The lowest BCUT2D eigenvalue weighted by Gasteiger charge is -1.99. The molecule has 0 aliphatic heterocycles. The van der Waals surface area contributed by atoms with E-state index in [0.29, 0.717) is 0 Å². The molecule has 1 amide bonds. The summed E-state index contributed by atoms with van der Waals surface area (Å²) in [5.41, 5.74) is 0.899. The maximum Gasteiger partial charge on any atom is 0.310 e. The van der Waals surface area contributed by atoms with Crippen LogP contribution in [0.5, 0.6) is 0 Å². The van der Waals surface area contributed by atoms with Crippen molar-refractivity contribution >= 4 is 23.7 Å². The number of anilines is 1. The number of aromatic nitrogens is 2. The van der Waals surface area contributed by atoms with Crippen LogP contribution in [-0.4, -0.2) is 27.6 Å². The average molecular weight is 255 g/mol. The van der Waals surface area contributed by atoms with E-state index in [1.807, 2.05) is 13.0 Å². The van der Waals surface area contributed by atoms with E-state index in [4.69, 9.17) is 0 Å². The molecule has 1 N–H and O–H groups in total. The Morgan fingerprint density at radius 3 is 1.94 bits per heavy atom. The van der Waals surface area contributed by atoms with Gasteiger partial charge in [0.1, 0.15) is 5.82 Å². The average Bonchev–Trinajstić information content (AvgIpc) is 2.42. The van der Waals surface area contributed by atoms with Crippen LogP contribution in [0.1, 0.15) is 26.5 Å². The molecule has 0 bridgehead atoms. The van der Waals surface area contributed by atoms with Gasteiger partial charge in [0.15, 0.2) is 0 Å². The Hall–Kier alpha value is -2.18. The fourth-order valence-corrected chi connectivity index (χ4v) is 1.11. The zero-order valence-electron chi connectivity index (χ0n) is 11.1. The Bertz CT molecular complexity index is 439. The second-order valence-electron chi connectivity index (χ2n) is 3.56. The lowest BCUT2D eigenvalue weighted by atomic mass is 10.4. The van der Waals surface area contributed by atoms with Crippen LogP contribution in [0.3, 0.4) is 0 Å². The van der Waals surface area contributed by atoms with E-state index in [1.54, 1.807) is 11.7 Å². The summed E-state index contributed by atoms with van der Waals surface area (Å²) in [4.78, 5) is 30.2. The first kappa shape index (κ1) is 15.8. The monoisotopic (exact) mass is 255 g/mol. The highest BCUT2D eigenvalue weighted by Gasteiger charge is 2.01. The van der Waals surface area contributed by atoms with Crippen LogP contribution in [-0.2, 0) is 26.2 Å². The Morgan fingerprint density at radius 2 is 1.72 bits per heavy atom. The lowest BCUT2D eigenvalue weighted by molar-refractivity contribution is -0.156. The number of nitrogens with one attached hydrogen (secondary N) is 1. The summed E-state index contributed by atoms with van der Waals surface area (Å²) in [6.45, 7) is 5.72. The molecule has 0 atom stereocenters. The number of hydrogen-bond acceptors (Lipinski definition) is 5. The molecular formula is C11H17N3O4. The zero-order chi connectivity index (χ0) is 14.3. The quantitative estimate of drug-likeness (QED) is 0.591. The van der Waals surface area contributed by atoms with Crippen molar-refractivity contribution in [3.63, 3.8) is 0 Å². The molecule has 1 heterocycles. The van der Waals surface area contributed by atoms with Crippen LogP contribution in [0.15, 0.2) is 6.07 Å². The van der Waals surface area contributed by atoms with Crippen molar-refractivity contribution in [1.82, 2.24) is 9.78 Å². The predicted molar refractivity (Wildman–Crippen MR) is 64.7 cm³/mol. The van der Waals surface area contributed by atoms with Crippen molar-refractivity contribution in [3.8, 4) is 0 Å². The fraction of sp³-hybridized carbons (Fsp3) is 0.455. The highest BCUT2D eigenvalue weighted by molar-refractivity contribution is 5.87. The minimum atomic E-state index is -0.562. The zero-order valence-corrected chi connectivity index (χ0v) is 11.1. The van der Waals surface area contributed by atoms with Crippen LogP contribution < -0.4 is 5.32 Å². The second-order valence-corrected chi connectivity index (χ2v) is 3.56. The molecule has 0 saturated heterocycles. The molecule has 18 heavy (non-hydrogen) atoms. The molecular weight excluding hydrogens is 238 g/mol. The van der Waals surface area contributed by atoms with Crippen molar-refractivity contribution in [2.75, 3.05) is 5.32 Å². The van der Waals surface area contributed by atoms with Gasteiger partial charge in [-0.1, -0.05) is 0 Å². The number of nitrogens with zero attached hydrogens (tertiary/aromatic N) is 2. The largest absolute Gasteiger partial charge is 0.394 e. The summed E-state index contributed by atoms with van der Waals surface area (Å²) in [5, 5.41) is 6.72. The molecule has 1 aromatic heterocycles. The summed E-state index contributed by atoms with van der Waals surface area (Å²) < 4.78 is 5.61. The summed E-state index contributed by atoms with van der Waals surface area (Å²) >= 11 is 0. The molecule has 7 nitrogen and oxygen atoms in total. The molecule has 100 valence electrons. The molecule has 0 spiro atoms. The standard InChI is InChI=1S/C7H11N3O.C4H6O3/c1-5-4-7(8-6(2)11)10(3)9-5;1-3(5)7-4(2)6/h4H,1-3H3,(H,8,11);1-2H3. The summed E-state index contributed by atoms with van der Waals surface area (Å²) in [5.74, 6) is -0.469. The van der Waals surface area contributed by atoms with Gasteiger partial charge in [0, 0.05) is 33.9 Å². The Kier molecular flexibility index (Phi) is 6.33. The molecule has 0 aromatic carbocycles. The maximum atomic E-state index is 10.6. The van der Waals surface area contributed by atoms with E-state index in [9.17, 15) is 14.4 Å². The van der Waals surface area contributed by atoms with Gasteiger partial charge in [-0.3, -0.25) is 19.1 Å². The highest BCUT2D eigenvalue weighted by atomic mass is 16.6. The molecule has 0 saturated carbocycles. The predicted octanol–water partition coefficient (Wildman–Crippen LogP) is 0.783. The fourth-order valence-electron chi connectivity index (χ4n) is 1.11. The van der Waals surface area contributed by atoms with Crippen LogP contribution in [0.4, 0.5) is 5.82 Å². The molecule has 7 heteroatoms. The SMILES string of the molecule is CC(=O)Nc1cc(C)nn1C.CC(=O)OC(C)=O. The number of carbonyl (C=O) groups excluding carboxylic acids is 3. The van der Waals surface area contributed by atoms with Gasteiger partial charge in [0.05, 0.1) is 5.69 Å². The normalized spacial score (nSPS) is 8.94. The van der Waals surface area contributed by atoms with Crippen molar-refractivity contribution in [3.05, 3.63) is 11.8 Å². The molecule has 1 aromatic rings. The second kappa shape index (κ2) is 7.21. The number of rotatable bonds is 1. The minimum Gasteiger partial charge on any atom is -0.394 e. The number of ether oxygens (including phenoxy) is 1.